The monoisotopic (exact) mass is 390 g/mol. The van der Waals surface area contributed by atoms with Crippen LogP contribution >= 0.6 is 0 Å². The van der Waals surface area contributed by atoms with E-state index in [0.29, 0.717) is 0 Å². The van der Waals surface area contributed by atoms with Crippen LogP contribution in [0.25, 0.3) is 0 Å². The molecular formula is C24H30N4O. The van der Waals surface area contributed by atoms with Crippen LogP contribution in [0.2, 0.25) is 0 Å². The van der Waals surface area contributed by atoms with Crippen molar-refractivity contribution in [3.63, 3.8) is 0 Å². The third-order valence-electron chi connectivity index (χ3n) is 5.26. The third kappa shape index (κ3) is 6.26. The van der Waals surface area contributed by atoms with E-state index >= 15 is 0 Å². The normalized spacial score (nSPS) is 17.9. The van der Waals surface area contributed by atoms with E-state index in [2.05, 4.69) is 76.1 Å². The molecule has 0 amide bonds. The van der Waals surface area contributed by atoms with Gasteiger partial charge in [0, 0.05) is 51.1 Å². The minimum atomic E-state index is 0.223. The molecule has 0 bridgehead atoms. The van der Waals surface area contributed by atoms with Crippen LogP contribution in [-0.4, -0.2) is 47.0 Å². The first-order valence-electron chi connectivity index (χ1n) is 10.5. The summed E-state index contributed by atoms with van der Waals surface area (Å²) in [6.07, 6.45) is 5.39. The summed E-state index contributed by atoms with van der Waals surface area (Å²) in [6.45, 7) is 6.37. The van der Waals surface area contributed by atoms with Gasteiger partial charge in [0.2, 0.25) is 0 Å². The maximum absolute atomic E-state index is 6.07. The molecule has 1 aliphatic rings. The molecule has 3 aromatic rings. The SMILES string of the molecule is c1ccc(CN2CCCOC(CNCc3cnn(Cc4ccccc4)c3)C2)cc1. The number of ether oxygens (including phenoxy) is 1. The highest BCUT2D eigenvalue weighted by atomic mass is 16.5. The summed E-state index contributed by atoms with van der Waals surface area (Å²) in [5.41, 5.74) is 3.84. The van der Waals surface area contributed by atoms with Crippen molar-refractivity contribution < 1.29 is 4.74 Å². The predicted molar refractivity (Wildman–Crippen MR) is 116 cm³/mol. The Kier molecular flexibility index (Phi) is 7.08. The minimum Gasteiger partial charge on any atom is -0.376 e. The molecule has 1 atom stereocenters. The quantitative estimate of drug-likeness (QED) is 0.641. The van der Waals surface area contributed by atoms with Gasteiger partial charge in [-0.05, 0) is 17.5 Å². The Morgan fingerprint density at radius 1 is 0.931 bits per heavy atom. The average Bonchev–Trinajstić information content (AvgIpc) is 3.07. The van der Waals surface area contributed by atoms with Crippen molar-refractivity contribution in [2.75, 3.05) is 26.2 Å². The number of aromatic nitrogens is 2. The lowest BCUT2D eigenvalue weighted by atomic mass is 10.2. The van der Waals surface area contributed by atoms with Gasteiger partial charge in [0.05, 0.1) is 18.8 Å². The molecule has 5 nitrogen and oxygen atoms in total. The van der Waals surface area contributed by atoms with E-state index in [4.69, 9.17) is 4.74 Å². The van der Waals surface area contributed by atoms with Crippen molar-refractivity contribution in [3.8, 4) is 0 Å². The maximum Gasteiger partial charge on any atom is 0.0826 e. The first kappa shape index (κ1) is 19.8. The highest BCUT2D eigenvalue weighted by molar-refractivity contribution is 5.16. The number of nitrogens with one attached hydrogen (secondary N) is 1. The van der Waals surface area contributed by atoms with E-state index < -0.39 is 0 Å². The lowest BCUT2D eigenvalue weighted by Gasteiger charge is -2.24. The van der Waals surface area contributed by atoms with Crippen molar-refractivity contribution in [3.05, 3.63) is 89.7 Å². The van der Waals surface area contributed by atoms with Crippen molar-refractivity contribution in [1.82, 2.24) is 20.0 Å². The number of nitrogens with zero attached hydrogens (tertiary/aromatic N) is 3. The van der Waals surface area contributed by atoms with Crippen molar-refractivity contribution >= 4 is 0 Å². The zero-order chi connectivity index (χ0) is 19.7. The second-order valence-corrected chi connectivity index (χ2v) is 7.73. The van der Waals surface area contributed by atoms with E-state index in [1.54, 1.807) is 0 Å². The third-order valence-corrected chi connectivity index (χ3v) is 5.26. The largest absolute Gasteiger partial charge is 0.376 e. The van der Waals surface area contributed by atoms with Gasteiger partial charge in [-0.25, -0.2) is 0 Å². The fourth-order valence-electron chi connectivity index (χ4n) is 3.81. The molecule has 0 spiro atoms. The summed E-state index contributed by atoms with van der Waals surface area (Å²) in [5.74, 6) is 0. The van der Waals surface area contributed by atoms with Crippen LogP contribution in [0.15, 0.2) is 73.1 Å². The molecule has 29 heavy (non-hydrogen) atoms. The molecule has 0 saturated carbocycles. The van der Waals surface area contributed by atoms with E-state index in [1.165, 1.54) is 16.7 Å². The molecule has 5 heteroatoms. The molecule has 0 aliphatic carbocycles. The molecule has 1 N–H and O–H groups in total. The Balaban J connectivity index is 1.23. The Morgan fingerprint density at radius 2 is 1.66 bits per heavy atom. The van der Waals surface area contributed by atoms with E-state index in [1.807, 2.05) is 16.9 Å². The molecular weight excluding hydrogens is 360 g/mol. The number of hydrogen-bond acceptors (Lipinski definition) is 4. The summed E-state index contributed by atoms with van der Waals surface area (Å²) in [4.78, 5) is 2.51. The average molecular weight is 391 g/mol. The molecule has 4 rings (SSSR count). The highest BCUT2D eigenvalue weighted by Gasteiger charge is 2.18. The summed E-state index contributed by atoms with van der Waals surface area (Å²) in [5, 5.41) is 8.04. The second-order valence-electron chi connectivity index (χ2n) is 7.73. The lowest BCUT2D eigenvalue weighted by Crippen LogP contribution is -2.37. The summed E-state index contributed by atoms with van der Waals surface area (Å²) in [6, 6.07) is 21.1. The zero-order valence-corrected chi connectivity index (χ0v) is 16.9. The summed E-state index contributed by atoms with van der Waals surface area (Å²) < 4.78 is 8.06. The molecule has 1 saturated heterocycles. The fraction of sp³-hybridized carbons (Fsp3) is 0.375. The van der Waals surface area contributed by atoms with Gasteiger partial charge < -0.3 is 10.1 Å². The van der Waals surface area contributed by atoms with Gasteiger partial charge in [-0.3, -0.25) is 9.58 Å². The van der Waals surface area contributed by atoms with E-state index in [0.717, 1.165) is 52.3 Å². The smallest absolute Gasteiger partial charge is 0.0826 e. The van der Waals surface area contributed by atoms with Gasteiger partial charge in [0.1, 0.15) is 0 Å². The first-order chi connectivity index (χ1) is 14.3. The van der Waals surface area contributed by atoms with Crippen molar-refractivity contribution in [2.24, 2.45) is 0 Å². The van der Waals surface area contributed by atoms with E-state index in [-0.39, 0.29) is 6.10 Å². The van der Waals surface area contributed by atoms with Crippen LogP contribution in [0.1, 0.15) is 23.1 Å². The van der Waals surface area contributed by atoms with Crippen LogP contribution in [0.3, 0.4) is 0 Å². The van der Waals surface area contributed by atoms with Gasteiger partial charge in [-0.1, -0.05) is 60.7 Å². The van der Waals surface area contributed by atoms with Crippen molar-refractivity contribution in [1.29, 1.82) is 0 Å². The van der Waals surface area contributed by atoms with E-state index in [9.17, 15) is 0 Å². The van der Waals surface area contributed by atoms with Crippen LogP contribution < -0.4 is 5.32 Å². The number of rotatable bonds is 8. The highest BCUT2D eigenvalue weighted by Crippen LogP contribution is 2.11. The minimum absolute atomic E-state index is 0.223. The van der Waals surface area contributed by atoms with Gasteiger partial charge >= 0.3 is 0 Å². The van der Waals surface area contributed by atoms with Crippen LogP contribution in [0, 0.1) is 0 Å². The standard InChI is InChI=1S/C24H30N4O/c1-3-8-21(9-4-1)17-27-12-7-13-29-24(20-27)16-25-14-23-15-26-28(19-23)18-22-10-5-2-6-11-22/h1-6,8-11,15,19,24-25H,7,12-14,16-18,20H2. The summed E-state index contributed by atoms with van der Waals surface area (Å²) >= 11 is 0. The molecule has 1 aliphatic heterocycles. The molecule has 0 radical (unpaired) electrons. The maximum atomic E-state index is 6.07. The molecule has 152 valence electrons. The van der Waals surface area contributed by atoms with Gasteiger partial charge in [-0.2, -0.15) is 5.10 Å². The molecule has 1 fully saturated rings. The van der Waals surface area contributed by atoms with Crippen LogP contribution in [-0.2, 0) is 24.4 Å². The van der Waals surface area contributed by atoms with Gasteiger partial charge in [-0.15, -0.1) is 0 Å². The molecule has 2 aromatic carbocycles. The zero-order valence-electron chi connectivity index (χ0n) is 16.9. The van der Waals surface area contributed by atoms with Crippen LogP contribution in [0.4, 0.5) is 0 Å². The second kappa shape index (κ2) is 10.3. The Morgan fingerprint density at radius 3 is 2.41 bits per heavy atom. The topological polar surface area (TPSA) is 42.3 Å². The van der Waals surface area contributed by atoms with Crippen LogP contribution in [0.5, 0.6) is 0 Å². The Hall–Kier alpha value is -2.47. The predicted octanol–water partition coefficient (Wildman–Crippen LogP) is 3.31. The fourth-order valence-corrected chi connectivity index (χ4v) is 3.81. The molecule has 1 aromatic heterocycles. The molecule has 2 heterocycles. The number of hydrogen-bond donors (Lipinski definition) is 1. The lowest BCUT2D eigenvalue weighted by molar-refractivity contribution is 0.0533. The molecule has 1 unspecified atom stereocenters. The first-order valence-corrected chi connectivity index (χ1v) is 10.5. The van der Waals surface area contributed by atoms with Crippen molar-refractivity contribution in [2.45, 2.75) is 32.2 Å². The van der Waals surface area contributed by atoms with Gasteiger partial charge in [0.15, 0.2) is 0 Å². The summed E-state index contributed by atoms with van der Waals surface area (Å²) in [7, 11) is 0. The van der Waals surface area contributed by atoms with Gasteiger partial charge in [0.25, 0.3) is 0 Å². The number of benzene rings is 2. The Bertz CT molecular complexity index is 850. The Labute approximate surface area is 173 Å².